The highest BCUT2D eigenvalue weighted by Gasteiger charge is 2.20. The third-order valence-electron chi connectivity index (χ3n) is 2.99. The Bertz CT molecular complexity index is 876. The Morgan fingerprint density at radius 3 is 2.46 bits per heavy atom. The minimum Gasteiger partial charge on any atom is -0.495 e. The minimum absolute atomic E-state index is 0.104. The summed E-state index contributed by atoms with van der Waals surface area (Å²) in [4.78, 5) is 10.5. The predicted octanol–water partition coefficient (Wildman–Crippen LogP) is 3.25. The molecule has 2 rings (SSSR count). The van der Waals surface area contributed by atoms with Crippen LogP contribution in [0.15, 0.2) is 53.4 Å². The largest absolute Gasteiger partial charge is 0.495 e. The van der Waals surface area contributed by atoms with Gasteiger partial charge in [0.05, 0.1) is 7.11 Å². The SMILES string of the molecule is COc1ccc(/C=C/C(=O)O)cc1S(=O)(=O)Nc1ccc(Cl)cc1. The van der Waals surface area contributed by atoms with Crippen LogP contribution < -0.4 is 9.46 Å². The Morgan fingerprint density at radius 1 is 1.21 bits per heavy atom. The number of sulfonamides is 1. The zero-order valence-electron chi connectivity index (χ0n) is 12.6. The van der Waals surface area contributed by atoms with E-state index in [1.807, 2.05) is 0 Å². The molecule has 0 aliphatic rings. The van der Waals surface area contributed by atoms with Gasteiger partial charge in [0.1, 0.15) is 10.6 Å². The van der Waals surface area contributed by atoms with E-state index in [0.717, 1.165) is 6.08 Å². The molecule has 2 aromatic carbocycles. The number of aliphatic carboxylic acids is 1. The van der Waals surface area contributed by atoms with E-state index < -0.39 is 16.0 Å². The number of halogens is 1. The minimum atomic E-state index is -3.93. The Labute approximate surface area is 144 Å². The molecule has 0 radical (unpaired) electrons. The Kier molecular flexibility index (Phi) is 5.48. The van der Waals surface area contributed by atoms with E-state index in [4.69, 9.17) is 21.4 Å². The van der Waals surface area contributed by atoms with Gasteiger partial charge in [-0.1, -0.05) is 17.7 Å². The topological polar surface area (TPSA) is 92.7 Å². The molecule has 0 fully saturated rings. The summed E-state index contributed by atoms with van der Waals surface area (Å²) in [5.74, 6) is -0.988. The van der Waals surface area contributed by atoms with E-state index in [2.05, 4.69) is 4.72 Å². The van der Waals surface area contributed by atoms with Crippen LogP contribution in [0.25, 0.3) is 6.08 Å². The van der Waals surface area contributed by atoms with Crippen molar-refractivity contribution in [1.82, 2.24) is 0 Å². The highest BCUT2D eigenvalue weighted by atomic mass is 35.5. The Morgan fingerprint density at radius 2 is 1.88 bits per heavy atom. The number of rotatable bonds is 6. The number of methoxy groups -OCH3 is 1. The molecular weight excluding hydrogens is 354 g/mol. The van der Waals surface area contributed by atoms with Crippen molar-refractivity contribution in [3.8, 4) is 5.75 Å². The molecule has 0 atom stereocenters. The first kappa shape index (κ1) is 17.8. The third-order valence-corrected chi connectivity index (χ3v) is 4.65. The monoisotopic (exact) mass is 367 g/mol. The molecule has 0 aliphatic carbocycles. The number of anilines is 1. The van der Waals surface area contributed by atoms with Crippen molar-refractivity contribution in [3.05, 3.63) is 59.1 Å². The van der Waals surface area contributed by atoms with Crippen molar-refractivity contribution < 1.29 is 23.1 Å². The maximum Gasteiger partial charge on any atom is 0.328 e. The van der Waals surface area contributed by atoms with E-state index >= 15 is 0 Å². The molecule has 0 unspecified atom stereocenters. The molecular formula is C16H14ClNO5S. The maximum absolute atomic E-state index is 12.6. The molecule has 0 amide bonds. The summed E-state index contributed by atoms with van der Waals surface area (Å²) in [7, 11) is -2.58. The van der Waals surface area contributed by atoms with Gasteiger partial charge in [0.25, 0.3) is 10.0 Å². The van der Waals surface area contributed by atoms with Gasteiger partial charge < -0.3 is 9.84 Å². The number of carboxylic acids is 1. The van der Waals surface area contributed by atoms with Crippen LogP contribution in [0, 0.1) is 0 Å². The molecule has 24 heavy (non-hydrogen) atoms. The highest BCUT2D eigenvalue weighted by molar-refractivity contribution is 7.92. The molecule has 0 spiro atoms. The Hall–Kier alpha value is -2.51. The molecule has 0 aliphatic heterocycles. The summed E-state index contributed by atoms with van der Waals surface area (Å²) < 4.78 is 32.7. The summed E-state index contributed by atoms with van der Waals surface area (Å²) in [6.45, 7) is 0. The lowest BCUT2D eigenvalue weighted by molar-refractivity contribution is -0.131. The van der Waals surface area contributed by atoms with E-state index in [1.165, 1.54) is 37.5 Å². The fourth-order valence-corrected chi connectivity index (χ4v) is 3.29. The number of hydrogen-bond acceptors (Lipinski definition) is 4. The second-order valence-electron chi connectivity index (χ2n) is 4.69. The number of hydrogen-bond donors (Lipinski definition) is 2. The van der Waals surface area contributed by atoms with Gasteiger partial charge in [-0.15, -0.1) is 0 Å². The van der Waals surface area contributed by atoms with Crippen LogP contribution in [0.4, 0.5) is 5.69 Å². The molecule has 0 saturated carbocycles. The van der Waals surface area contributed by atoms with E-state index in [1.54, 1.807) is 18.2 Å². The van der Waals surface area contributed by atoms with Crippen LogP contribution in [0.1, 0.15) is 5.56 Å². The molecule has 0 aromatic heterocycles. The van der Waals surface area contributed by atoms with E-state index in [-0.39, 0.29) is 10.6 Å². The molecule has 6 nitrogen and oxygen atoms in total. The van der Waals surface area contributed by atoms with Crippen molar-refractivity contribution in [2.75, 3.05) is 11.8 Å². The van der Waals surface area contributed by atoms with Gasteiger partial charge >= 0.3 is 5.97 Å². The van der Waals surface area contributed by atoms with Gasteiger partial charge in [-0.2, -0.15) is 0 Å². The van der Waals surface area contributed by atoms with Crippen LogP contribution in [-0.2, 0) is 14.8 Å². The maximum atomic E-state index is 12.6. The zero-order valence-corrected chi connectivity index (χ0v) is 14.1. The van der Waals surface area contributed by atoms with Gasteiger partial charge in [0, 0.05) is 16.8 Å². The first-order valence-electron chi connectivity index (χ1n) is 6.69. The normalized spacial score (nSPS) is 11.4. The van der Waals surface area contributed by atoms with Crippen LogP contribution in [-0.4, -0.2) is 26.6 Å². The standard InChI is InChI=1S/C16H14ClNO5S/c1-23-14-8-2-11(3-9-16(19)20)10-15(14)24(21,22)18-13-6-4-12(17)5-7-13/h2-10,18H,1H3,(H,19,20)/b9-3+. The van der Waals surface area contributed by atoms with Gasteiger partial charge in [-0.05, 0) is 48.0 Å². The van der Waals surface area contributed by atoms with E-state index in [9.17, 15) is 13.2 Å². The molecule has 0 bridgehead atoms. The lowest BCUT2D eigenvalue weighted by Gasteiger charge is -2.12. The van der Waals surface area contributed by atoms with Crippen LogP contribution in [0.5, 0.6) is 5.75 Å². The summed E-state index contributed by atoms with van der Waals surface area (Å²) in [6.07, 6.45) is 2.22. The quantitative estimate of drug-likeness (QED) is 0.764. The number of nitrogens with one attached hydrogen (secondary N) is 1. The molecule has 0 saturated heterocycles. The predicted molar refractivity (Wildman–Crippen MR) is 91.9 cm³/mol. The number of carbonyl (C=O) groups is 1. The average molecular weight is 368 g/mol. The van der Waals surface area contributed by atoms with Gasteiger partial charge in [-0.3, -0.25) is 4.72 Å². The number of ether oxygens (including phenoxy) is 1. The van der Waals surface area contributed by atoms with Crippen molar-refractivity contribution in [2.24, 2.45) is 0 Å². The van der Waals surface area contributed by atoms with Crippen LogP contribution in [0.3, 0.4) is 0 Å². The summed E-state index contributed by atoms with van der Waals surface area (Å²) in [5, 5.41) is 9.15. The number of carboxylic acid groups (broad SMARTS) is 1. The average Bonchev–Trinajstić information content (AvgIpc) is 2.54. The second kappa shape index (κ2) is 7.37. The van der Waals surface area contributed by atoms with Crippen LogP contribution >= 0.6 is 11.6 Å². The fourth-order valence-electron chi connectivity index (χ4n) is 1.90. The van der Waals surface area contributed by atoms with Gasteiger partial charge in [0.15, 0.2) is 0 Å². The number of benzene rings is 2. The van der Waals surface area contributed by atoms with Crippen molar-refractivity contribution >= 4 is 39.4 Å². The van der Waals surface area contributed by atoms with Gasteiger partial charge in [0.2, 0.25) is 0 Å². The second-order valence-corrected chi connectivity index (χ2v) is 6.78. The van der Waals surface area contributed by atoms with Crippen LogP contribution in [0.2, 0.25) is 5.02 Å². The first-order valence-corrected chi connectivity index (χ1v) is 8.55. The zero-order chi connectivity index (χ0) is 17.7. The first-order chi connectivity index (χ1) is 11.3. The molecule has 2 aromatic rings. The molecule has 8 heteroatoms. The lowest BCUT2D eigenvalue weighted by Crippen LogP contribution is -2.14. The smallest absolute Gasteiger partial charge is 0.328 e. The highest BCUT2D eigenvalue weighted by Crippen LogP contribution is 2.27. The Balaban J connectivity index is 2.41. The molecule has 2 N–H and O–H groups in total. The van der Waals surface area contributed by atoms with E-state index in [0.29, 0.717) is 16.3 Å². The van der Waals surface area contributed by atoms with Crippen molar-refractivity contribution in [1.29, 1.82) is 0 Å². The van der Waals surface area contributed by atoms with Gasteiger partial charge in [-0.25, -0.2) is 13.2 Å². The lowest BCUT2D eigenvalue weighted by atomic mass is 10.2. The van der Waals surface area contributed by atoms with Crippen molar-refractivity contribution in [2.45, 2.75) is 4.90 Å². The third kappa shape index (κ3) is 4.50. The van der Waals surface area contributed by atoms with Crippen molar-refractivity contribution in [3.63, 3.8) is 0 Å². The summed E-state index contributed by atoms with van der Waals surface area (Å²) in [5.41, 5.74) is 0.752. The molecule has 126 valence electrons. The molecule has 0 heterocycles. The fraction of sp³-hybridized carbons (Fsp3) is 0.0625. The summed E-state index contributed by atoms with van der Waals surface area (Å²) >= 11 is 5.78. The summed E-state index contributed by atoms with van der Waals surface area (Å²) in [6, 6.07) is 10.5.